The Morgan fingerprint density at radius 3 is 2.61 bits per heavy atom. The number of anilines is 1. The number of amides is 2. The van der Waals surface area contributed by atoms with Crippen molar-refractivity contribution >= 4 is 56.4 Å². The van der Waals surface area contributed by atoms with E-state index in [-0.39, 0.29) is 15.7 Å². The molecule has 166 valence electrons. The summed E-state index contributed by atoms with van der Waals surface area (Å²) in [5, 5.41) is 11.8. The second kappa shape index (κ2) is 9.35. The molecule has 0 aliphatic carbocycles. The van der Waals surface area contributed by atoms with Gasteiger partial charge in [0.15, 0.2) is 0 Å². The van der Waals surface area contributed by atoms with Crippen molar-refractivity contribution in [1.82, 2.24) is 10.0 Å². The van der Waals surface area contributed by atoms with Crippen LogP contribution in [0.2, 0.25) is 4.34 Å². The molecule has 9 nitrogen and oxygen atoms in total. The number of hydrogen-bond acceptors (Lipinski definition) is 6. The molecule has 3 rings (SSSR count). The average molecular weight is 486 g/mol. The summed E-state index contributed by atoms with van der Waals surface area (Å²) in [4.78, 5) is 37.5. The predicted octanol–water partition coefficient (Wildman–Crippen LogP) is 2.00. The Bertz CT molecular complexity index is 1130. The van der Waals surface area contributed by atoms with Gasteiger partial charge in [0.1, 0.15) is 6.04 Å². The number of benzene rings is 1. The summed E-state index contributed by atoms with van der Waals surface area (Å²) >= 11 is 6.80. The molecule has 1 aromatic carbocycles. The highest BCUT2D eigenvalue weighted by Gasteiger charge is 2.30. The molecule has 12 heteroatoms. The molecule has 31 heavy (non-hydrogen) atoms. The van der Waals surface area contributed by atoms with Gasteiger partial charge in [0, 0.05) is 25.2 Å². The highest BCUT2D eigenvalue weighted by atomic mass is 35.5. The van der Waals surface area contributed by atoms with Gasteiger partial charge in [0.2, 0.25) is 15.9 Å². The Kier molecular flexibility index (Phi) is 6.99. The molecular formula is C19H20ClN3O6S2. The number of carbonyl (C=O) groups excluding carboxylic acids is 2. The lowest BCUT2D eigenvalue weighted by atomic mass is 10.2. The average Bonchev–Trinajstić information content (AvgIpc) is 3.33. The lowest BCUT2D eigenvalue weighted by Crippen LogP contribution is -2.48. The van der Waals surface area contributed by atoms with Crippen molar-refractivity contribution in [2.45, 2.75) is 30.7 Å². The molecule has 0 radical (unpaired) electrons. The summed E-state index contributed by atoms with van der Waals surface area (Å²) in [7, 11) is -4.25. The fraction of sp³-hybridized carbons (Fsp3) is 0.316. The molecule has 0 unspecified atom stereocenters. The van der Waals surface area contributed by atoms with Crippen molar-refractivity contribution in [1.29, 1.82) is 0 Å². The number of halogens is 1. The van der Waals surface area contributed by atoms with E-state index in [1.54, 1.807) is 13.0 Å². The molecule has 1 fully saturated rings. The van der Waals surface area contributed by atoms with Gasteiger partial charge in [-0.05, 0) is 43.2 Å². The van der Waals surface area contributed by atoms with Crippen molar-refractivity contribution < 1.29 is 27.9 Å². The number of nitrogens with zero attached hydrogens (tertiary/aromatic N) is 1. The fourth-order valence-corrected chi connectivity index (χ4v) is 5.65. The Balaban J connectivity index is 1.78. The summed E-state index contributed by atoms with van der Waals surface area (Å²) in [5.41, 5.74) is 0.812. The van der Waals surface area contributed by atoms with Crippen LogP contribution in [0.3, 0.4) is 0 Å². The van der Waals surface area contributed by atoms with E-state index < -0.39 is 34.5 Å². The third kappa shape index (κ3) is 5.24. The summed E-state index contributed by atoms with van der Waals surface area (Å²) in [6.07, 6.45) is 1.08. The zero-order valence-electron chi connectivity index (χ0n) is 16.4. The number of hydrogen-bond donors (Lipinski definition) is 3. The maximum absolute atomic E-state index is 12.9. The molecule has 2 aromatic rings. The summed E-state index contributed by atoms with van der Waals surface area (Å²) in [5.74, 6) is -2.10. The van der Waals surface area contributed by atoms with Gasteiger partial charge >= 0.3 is 5.97 Å². The molecule has 1 aromatic heterocycles. The van der Waals surface area contributed by atoms with Crippen molar-refractivity contribution in [2.75, 3.05) is 18.0 Å². The molecule has 1 aliphatic rings. The first-order valence-corrected chi connectivity index (χ1v) is 12.0. The van der Waals surface area contributed by atoms with E-state index in [2.05, 4.69) is 10.0 Å². The first-order valence-electron chi connectivity index (χ1n) is 9.29. The number of rotatable bonds is 8. The number of thiophene rings is 1. The van der Waals surface area contributed by atoms with E-state index in [0.29, 0.717) is 35.0 Å². The SMILES string of the molecule is Cc1c(N2CCCC2=O)cccc1S(=O)(=O)N[C@@H](CNC(=O)c1ccc(Cl)s1)C(=O)O. The number of sulfonamides is 1. The molecule has 0 spiro atoms. The summed E-state index contributed by atoms with van der Waals surface area (Å²) in [6.45, 7) is 1.59. The molecule has 3 N–H and O–H groups in total. The van der Waals surface area contributed by atoms with Crippen LogP contribution >= 0.6 is 22.9 Å². The normalized spacial score (nSPS) is 15.2. The largest absolute Gasteiger partial charge is 0.480 e. The van der Waals surface area contributed by atoms with Gasteiger partial charge in [0.05, 0.1) is 14.1 Å². The van der Waals surface area contributed by atoms with Crippen LogP contribution in [0, 0.1) is 6.92 Å². The van der Waals surface area contributed by atoms with E-state index in [4.69, 9.17) is 11.6 Å². The molecule has 0 saturated carbocycles. The maximum atomic E-state index is 12.9. The Hall–Kier alpha value is -2.47. The van der Waals surface area contributed by atoms with Gasteiger partial charge in [0.25, 0.3) is 5.91 Å². The molecule has 2 heterocycles. The number of carbonyl (C=O) groups is 3. The molecule has 1 atom stereocenters. The van der Waals surface area contributed by atoms with Crippen molar-refractivity contribution in [3.63, 3.8) is 0 Å². The van der Waals surface area contributed by atoms with E-state index in [1.165, 1.54) is 29.2 Å². The quantitative estimate of drug-likeness (QED) is 0.523. The van der Waals surface area contributed by atoms with Crippen LogP contribution in [0.15, 0.2) is 35.2 Å². The van der Waals surface area contributed by atoms with Gasteiger partial charge < -0.3 is 15.3 Å². The monoisotopic (exact) mass is 485 g/mol. The highest BCUT2D eigenvalue weighted by molar-refractivity contribution is 7.89. The maximum Gasteiger partial charge on any atom is 0.323 e. The zero-order chi connectivity index (χ0) is 22.8. The number of nitrogens with one attached hydrogen (secondary N) is 2. The summed E-state index contributed by atoms with van der Waals surface area (Å²) < 4.78 is 28.4. The van der Waals surface area contributed by atoms with Crippen LogP contribution in [-0.2, 0) is 19.6 Å². The number of aliphatic carboxylic acids is 1. The number of carboxylic acids is 1. The second-order valence-corrected chi connectivity index (χ2v) is 10.3. The lowest BCUT2D eigenvalue weighted by molar-refractivity contribution is -0.138. The minimum atomic E-state index is -4.25. The van der Waals surface area contributed by atoms with Crippen molar-refractivity contribution in [3.05, 3.63) is 45.1 Å². The van der Waals surface area contributed by atoms with E-state index in [9.17, 15) is 27.9 Å². The van der Waals surface area contributed by atoms with Crippen LogP contribution in [-0.4, -0.2) is 50.4 Å². The van der Waals surface area contributed by atoms with Gasteiger partial charge in [-0.15, -0.1) is 11.3 Å². The van der Waals surface area contributed by atoms with Crippen molar-refractivity contribution in [2.24, 2.45) is 0 Å². The van der Waals surface area contributed by atoms with Gasteiger partial charge in [-0.1, -0.05) is 17.7 Å². The molecule has 0 bridgehead atoms. The molecule has 1 aliphatic heterocycles. The second-order valence-electron chi connectivity index (χ2n) is 6.88. The van der Waals surface area contributed by atoms with Crippen LogP contribution in [0.4, 0.5) is 5.69 Å². The third-order valence-electron chi connectivity index (χ3n) is 4.77. The minimum absolute atomic E-state index is 0.0922. The third-order valence-corrected chi connectivity index (χ3v) is 7.61. The van der Waals surface area contributed by atoms with E-state index in [1.807, 2.05) is 0 Å². The Morgan fingerprint density at radius 2 is 2.03 bits per heavy atom. The number of carboxylic acid groups (broad SMARTS) is 1. The van der Waals surface area contributed by atoms with Gasteiger partial charge in [-0.25, -0.2) is 8.42 Å². The van der Waals surface area contributed by atoms with Crippen LogP contribution in [0.25, 0.3) is 0 Å². The standard InChI is InChI=1S/C19H20ClN3O6S2/c1-11-13(23-9-3-6-17(23)24)4-2-5-15(11)31(28,29)22-12(19(26)27)10-21-18(25)14-7-8-16(20)30-14/h2,4-5,7-8,12,22H,3,6,9-10H2,1H3,(H,21,25)(H,26,27)/t12-/m0/s1. The highest BCUT2D eigenvalue weighted by Crippen LogP contribution is 2.29. The first-order chi connectivity index (χ1) is 14.6. The van der Waals surface area contributed by atoms with Crippen LogP contribution < -0.4 is 14.9 Å². The lowest BCUT2D eigenvalue weighted by Gasteiger charge is -2.21. The fourth-order valence-electron chi connectivity index (χ4n) is 3.24. The van der Waals surface area contributed by atoms with Gasteiger partial charge in [-0.2, -0.15) is 4.72 Å². The van der Waals surface area contributed by atoms with Crippen LogP contribution in [0.5, 0.6) is 0 Å². The minimum Gasteiger partial charge on any atom is -0.480 e. The topological polar surface area (TPSA) is 133 Å². The van der Waals surface area contributed by atoms with E-state index >= 15 is 0 Å². The molecule has 1 saturated heterocycles. The van der Waals surface area contributed by atoms with E-state index in [0.717, 1.165) is 11.3 Å². The van der Waals surface area contributed by atoms with Gasteiger partial charge in [-0.3, -0.25) is 14.4 Å². The molecular weight excluding hydrogens is 466 g/mol. The Labute approximate surface area is 188 Å². The Morgan fingerprint density at radius 1 is 1.29 bits per heavy atom. The summed E-state index contributed by atoms with van der Waals surface area (Å²) in [6, 6.07) is 5.91. The predicted molar refractivity (Wildman–Crippen MR) is 116 cm³/mol. The van der Waals surface area contributed by atoms with Crippen LogP contribution in [0.1, 0.15) is 28.1 Å². The zero-order valence-corrected chi connectivity index (χ0v) is 18.8. The smallest absolute Gasteiger partial charge is 0.323 e. The molecule has 2 amide bonds. The van der Waals surface area contributed by atoms with Crippen molar-refractivity contribution in [3.8, 4) is 0 Å². The first kappa shape index (κ1) is 23.2.